The van der Waals surface area contributed by atoms with Crippen molar-refractivity contribution in [2.45, 2.75) is 112 Å². The first-order valence-corrected chi connectivity index (χ1v) is 13.5. The third-order valence-electron chi connectivity index (χ3n) is 10.5. The summed E-state index contributed by atoms with van der Waals surface area (Å²) in [7, 11) is 0. The average Bonchev–Trinajstić information content (AvgIpc) is 3.08. The van der Waals surface area contributed by atoms with E-state index in [0.717, 1.165) is 49.9 Å². The van der Waals surface area contributed by atoms with Crippen LogP contribution in [0.3, 0.4) is 0 Å². The highest BCUT2D eigenvalue weighted by Gasteiger charge is 2.59. The summed E-state index contributed by atoms with van der Waals surface area (Å²) >= 11 is 0. The van der Waals surface area contributed by atoms with Crippen molar-refractivity contribution < 1.29 is 14.3 Å². The van der Waals surface area contributed by atoms with E-state index in [1.165, 1.54) is 39.0 Å². The van der Waals surface area contributed by atoms with Crippen molar-refractivity contribution in [1.29, 1.82) is 0 Å². The number of rotatable bonds is 6. The van der Waals surface area contributed by atoms with Gasteiger partial charge in [0.1, 0.15) is 11.9 Å². The van der Waals surface area contributed by atoms with Crippen LogP contribution in [0.4, 0.5) is 0 Å². The van der Waals surface area contributed by atoms with Gasteiger partial charge in [0.15, 0.2) is 0 Å². The van der Waals surface area contributed by atoms with Crippen molar-refractivity contribution in [2.24, 2.45) is 46.3 Å². The van der Waals surface area contributed by atoms with Crippen LogP contribution in [-0.4, -0.2) is 17.9 Å². The van der Waals surface area contributed by atoms with Crippen LogP contribution in [0.5, 0.6) is 0 Å². The molecule has 4 rings (SSSR count). The number of esters is 1. The molecule has 8 atom stereocenters. The zero-order valence-corrected chi connectivity index (χ0v) is 21.4. The predicted octanol–water partition coefficient (Wildman–Crippen LogP) is 7.14. The molecule has 0 radical (unpaired) electrons. The maximum atomic E-state index is 13.0. The standard InChI is InChI=1S/C29H46O3/c1-18(2)7-12-27(31)19(3)24-10-11-25-23-9-8-21-17-22(32-20(4)30)13-15-28(21,5)26(23)14-16-29(24,25)6/h8,18-19,22-26H,7,9-17H2,1-6H3/t19-,22-,23+,24+,25+,26+,28-,29+/m0/s1. The van der Waals surface area contributed by atoms with E-state index >= 15 is 0 Å². The lowest BCUT2D eigenvalue weighted by Crippen LogP contribution is -2.51. The molecule has 0 heterocycles. The molecule has 180 valence electrons. The highest BCUT2D eigenvalue weighted by atomic mass is 16.5. The van der Waals surface area contributed by atoms with Crippen LogP contribution >= 0.6 is 0 Å². The van der Waals surface area contributed by atoms with Crippen molar-refractivity contribution in [3.63, 3.8) is 0 Å². The Morgan fingerprint density at radius 1 is 1.06 bits per heavy atom. The number of fused-ring (bicyclic) bond motifs is 5. The Morgan fingerprint density at radius 3 is 2.50 bits per heavy atom. The fourth-order valence-corrected chi connectivity index (χ4v) is 8.71. The van der Waals surface area contributed by atoms with Gasteiger partial charge in [0.05, 0.1) is 0 Å². The van der Waals surface area contributed by atoms with Gasteiger partial charge in [-0.1, -0.05) is 46.3 Å². The van der Waals surface area contributed by atoms with E-state index in [1.807, 2.05) is 0 Å². The summed E-state index contributed by atoms with van der Waals surface area (Å²) in [6.07, 6.45) is 13.8. The van der Waals surface area contributed by atoms with Gasteiger partial charge in [-0.2, -0.15) is 0 Å². The van der Waals surface area contributed by atoms with Gasteiger partial charge in [0.25, 0.3) is 0 Å². The minimum Gasteiger partial charge on any atom is -0.462 e. The van der Waals surface area contributed by atoms with E-state index in [4.69, 9.17) is 4.74 Å². The number of hydrogen-bond donors (Lipinski definition) is 0. The van der Waals surface area contributed by atoms with E-state index in [2.05, 4.69) is 40.7 Å². The van der Waals surface area contributed by atoms with Crippen LogP contribution in [0.25, 0.3) is 0 Å². The third-order valence-corrected chi connectivity index (χ3v) is 10.5. The summed E-state index contributed by atoms with van der Waals surface area (Å²) in [5.74, 6) is 4.02. The number of Topliss-reactive ketones (excluding diaryl/α,β-unsaturated/α-hetero) is 1. The van der Waals surface area contributed by atoms with Crippen LogP contribution in [0, 0.1) is 46.3 Å². The van der Waals surface area contributed by atoms with Gasteiger partial charge in [-0.15, -0.1) is 0 Å². The molecule has 0 N–H and O–H groups in total. The fraction of sp³-hybridized carbons (Fsp3) is 0.862. The van der Waals surface area contributed by atoms with Crippen molar-refractivity contribution >= 4 is 11.8 Å². The van der Waals surface area contributed by atoms with Crippen LogP contribution < -0.4 is 0 Å². The molecule has 0 aromatic heterocycles. The summed E-state index contributed by atoms with van der Waals surface area (Å²) in [4.78, 5) is 24.5. The molecule has 0 spiro atoms. The third kappa shape index (κ3) is 4.11. The Labute approximate surface area is 196 Å². The molecular weight excluding hydrogens is 396 g/mol. The quantitative estimate of drug-likeness (QED) is 0.324. The molecule has 4 aliphatic carbocycles. The molecule has 32 heavy (non-hydrogen) atoms. The Kier molecular flexibility index (Phi) is 6.69. The predicted molar refractivity (Wildman–Crippen MR) is 129 cm³/mol. The highest BCUT2D eigenvalue weighted by molar-refractivity contribution is 5.81. The molecule has 0 aromatic rings. The van der Waals surface area contributed by atoms with Crippen LogP contribution in [0.1, 0.15) is 106 Å². The highest BCUT2D eigenvalue weighted by Crippen LogP contribution is 2.67. The zero-order valence-electron chi connectivity index (χ0n) is 21.4. The average molecular weight is 443 g/mol. The maximum Gasteiger partial charge on any atom is 0.302 e. The van der Waals surface area contributed by atoms with Crippen molar-refractivity contribution in [3.05, 3.63) is 11.6 Å². The van der Waals surface area contributed by atoms with E-state index in [9.17, 15) is 9.59 Å². The summed E-state index contributed by atoms with van der Waals surface area (Å²) in [6, 6.07) is 0. The minimum absolute atomic E-state index is 0.0748. The van der Waals surface area contributed by atoms with Gasteiger partial charge in [-0.3, -0.25) is 9.59 Å². The van der Waals surface area contributed by atoms with E-state index < -0.39 is 0 Å². The summed E-state index contributed by atoms with van der Waals surface area (Å²) in [5.41, 5.74) is 2.16. The molecule has 0 aromatic carbocycles. The number of carbonyl (C=O) groups excluding carboxylic acids is 2. The summed E-state index contributed by atoms with van der Waals surface area (Å²) < 4.78 is 5.59. The van der Waals surface area contributed by atoms with Crippen molar-refractivity contribution in [3.8, 4) is 0 Å². The second-order valence-corrected chi connectivity index (χ2v) is 12.6. The normalized spacial score (nSPS) is 41.8. The maximum absolute atomic E-state index is 13.0. The molecule has 0 bridgehead atoms. The van der Waals surface area contributed by atoms with E-state index in [1.54, 1.807) is 5.57 Å². The number of hydrogen-bond acceptors (Lipinski definition) is 3. The van der Waals surface area contributed by atoms with Gasteiger partial charge >= 0.3 is 5.97 Å². The molecule has 4 aliphatic rings. The molecule has 3 heteroatoms. The monoisotopic (exact) mass is 442 g/mol. The Morgan fingerprint density at radius 2 is 1.81 bits per heavy atom. The molecule has 0 amide bonds. The Bertz CT molecular complexity index is 766. The van der Waals surface area contributed by atoms with Crippen molar-refractivity contribution in [2.75, 3.05) is 0 Å². The van der Waals surface area contributed by atoms with Gasteiger partial charge in [-0.05, 0) is 91.8 Å². The summed E-state index contributed by atoms with van der Waals surface area (Å²) in [6.45, 7) is 13.3. The molecule has 3 saturated carbocycles. The first-order chi connectivity index (χ1) is 15.1. The fourth-order valence-electron chi connectivity index (χ4n) is 8.71. The first kappa shape index (κ1) is 24.0. The largest absolute Gasteiger partial charge is 0.462 e. The first-order valence-electron chi connectivity index (χ1n) is 13.5. The number of ketones is 1. The molecular formula is C29H46O3. The molecule has 0 unspecified atom stereocenters. The molecule has 3 fully saturated rings. The zero-order chi connectivity index (χ0) is 23.3. The minimum atomic E-state index is -0.143. The molecule has 3 nitrogen and oxygen atoms in total. The summed E-state index contributed by atoms with van der Waals surface area (Å²) in [5, 5.41) is 0. The van der Waals surface area contributed by atoms with Gasteiger partial charge in [0.2, 0.25) is 0 Å². The SMILES string of the molecule is CC(=O)O[C@H]1CC[C@@]2(C)C(=CC[C@@H]3[C@H]4CC[C@H]([C@H](C)C(=O)CCC(C)C)[C@@]4(C)CC[C@H]32)C1. The van der Waals surface area contributed by atoms with Crippen LogP contribution in [-0.2, 0) is 14.3 Å². The smallest absolute Gasteiger partial charge is 0.302 e. The second kappa shape index (κ2) is 8.91. The van der Waals surface area contributed by atoms with E-state index in [-0.39, 0.29) is 23.4 Å². The number of carbonyl (C=O) groups is 2. The topological polar surface area (TPSA) is 43.4 Å². The van der Waals surface area contributed by atoms with Crippen LogP contribution in [0.15, 0.2) is 11.6 Å². The second-order valence-electron chi connectivity index (χ2n) is 12.6. The van der Waals surface area contributed by atoms with E-state index in [0.29, 0.717) is 23.0 Å². The van der Waals surface area contributed by atoms with Crippen molar-refractivity contribution in [1.82, 2.24) is 0 Å². The lowest BCUT2D eigenvalue weighted by Gasteiger charge is -2.58. The number of allylic oxidation sites excluding steroid dienone is 1. The number of ether oxygens (including phenoxy) is 1. The molecule has 0 saturated heterocycles. The molecule has 0 aliphatic heterocycles. The van der Waals surface area contributed by atoms with Crippen LogP contribution in [0.2, 0.25) is 0 Å². The lowest BCUT2D eigenvalue weighted by molar-refractivity contribution is -0.148. The van der Waals surface area contributed by atoms with Gasteiger partial charge in [0, 0.05) is 25.7 Å². The Balaban J connectivity index is 1.49. The van der Waals surface area contributed by atoms with Gasteiger partial charge < -0.3 is 4.74 Å². The van der Waals surface area contributed by atoms with Gasteiger partial charge in [-0.25, -0.2) is 0 Å². The Hall–Kier alpha value is -1.12. The lowest BCUT2D eigenvalue weighted by atomic mass is 9.47.